The molecule has 3 aromatic rings. The molecule has 42 heavy (non-hydrogen) atoms. The molecule has 0 saturated carbocycles. The first-order chi connectivity index (χ1) is 19.7. The smallest absolute Gasteiger partial charge is 0.475 e. The van der Waals surface area contributed by atoms with Crippen molar-refractivity contribution in [2.75, 3.05) is 31.1 Å². The van der Waals surface area contributed by atoms with E-state index in [-0.39, 0.29) is 5.91 Å². The third-order valence-corrected chi connectivity index (χ3v) is 6.34. The lowest BCUT2D eigenvalue weighted by Gasteiger charge is -2.30. The fraction of sp³-hybridized carbons (Fsp3) is 0.440. The molecule has 0 atom stereocenters. The lowest BCUT2D eigenvalue weighted by atomic mass is 9.96. The monoisotopic (exact) mass is 604 g/mol. The second kappa shape index (κ2) is 13.5. The van der Waals surface area contributed by atoms with Gasteiger partial charge in [0.25, 0.3) is 5.91 Å². The van der Waals surface area contributed by atoms with Gasteiger partial charge in [-0.15, -0.1) is 0 Å². The summed E-state index contributed by atoms with van der Waals surface area (Å²) in [5, 5.41) is 19.0. The number of hydrogen-bond acceptors (Lipinski definition) is 7. The summed E-state index contributed by atoms with van der Waals surface area (Å²) >= 11 is 0. The second-order valence-electron chi connectivity index (χ2n) is 9.27. The molecule has 1 amide bonds. The van der Waals surface area contributed by atoms with Gasteiger partial charge >= 0.3 is 24.3 Å². The number of carbonyl (C=O) groups is 3. The van der Waals surface area contributed by atoms with Crippen LogP contribution in [0.1, 0.15) is 47.8 Å². The second-order valence-corrected chi connectivity index (χ2v) is 9.27. The normalized spacial score (nSPS) is 15.9. The van der Waals surface area contributed by atoms with Crippen LogP contribution in [0.2, 0.25) is 0 Å². The molecule has 3 aromatic heterocycles. The van der Waals surface area contributed by atoms with E-state index in [0.717, 1.165) is 50.5 Å². The van der Waals surface area contributed by atoms with Crippen LogP contribution in [-0.4, -0.2) is 91.1 Å². The van der Waals surface area contributed by atoms with Crippen LogP contribution in [-0.2, 0) is 9.59 Å². The maximum atomic E-state index is 12.6. The molecule has 5 heterocycles. The van der Waals surface area contributed by atoms with Gasteiger partial charge in [-0.05, 0) is 49.9 Å². The maximum Gasteiger partial charge on any atom is 0.490 e. The molecule has 17 heteroatoms. The average molecular weight is 605 g/mol. The molecule has 0 spiro atoms. The summed E-state index contributed by atoms with van der Waals surface area (Å²) in [5.74, 6) is -4.26. The number of carboxylic acids is 2. The van der Waals surface area contributed by atoms with Crippen LogP contribution in [0.15, 0.2) is 42.9 Å². The van der Waals surface area contributed by atoms with Crippen LogP contribution in [0.5, 0.6) is 0 Å². The molecule has 0 bridgehead atoms. The number of hydrogen-bond donors (Lipinski definition) is 2. The van der Waals surface area contributed by atoms with Crippen molar-refractivity contribution in [2.24, 2.45) is 0 Å². The van der Waals surface area contributed by atoms with E-state index in [4.69, 9.17) is 29.9 Å². The molecule has 228 valence electrons. The Hall–Kier alpha value is -4.44. The molecule has 0 radical (unpaired) electrons. The molecule has 11 nitrogen and oxygen atoms in total. The number of aliphatic carboxylic acids is 2. The van der Waals surface area contributed by atoms with Crippen molar-refractivity contribution in [1.29, 1.82) is 0 Å². The summed E-state index contributed by atoms with van der Waals surface area (Å²) in [6.07, 6.45) is -0.445. The number of alkyl halides is 6. The minimum absolute atomic E-state index is 0.0600. The van der Waals surface area contributed by atoms with Crippen LogP contribution in [0, 0.1) is 0 Å². The third-order valence-electron chi connectivity index (χ3n) is 6.34. The Morgan fingerprint density at radius 1 is 0.857 bits per heavy atom. The maximum absolute atomic E-state index is 12.6. The van der Waals surface area contributed by atoms with E-state index in [1.165, 1.54) is 18.5 Å². The standard InChI is InChI=1S/C21H24N6O.2C2HF3O2/c28-21(17-4-3-9-22-14-17)26-12-7-16(8-13-26)20-23-19-6-5-18(15-27(19)24-20)25-10-1-2-11-25;2*3-2(4,5)1(6)7/h3-6,9,14-16H,1-2,7-8,10-13H2;2*(H,6,7). The lowest BCUT2D eigenvalue weighted by molar-refractivity contribution is -0.193. The van der Waals surface area contributed by atoms with Crippen molar-refractivity contribution < 1.29 is 50.9 Å². The number of pyridine rings is 2. The van der Waals surface area contributed by atoms with E-state index in [2.05, 4.69) is 28.2 Å². The van der Waals surface area contributed by atoms with Crippen molar-refractivity contribution in [1.82, 2.24) is 24.5 Å². The van der Waals surface area contributed by atoms with Crippen molar-refractivity contribution in [3.05, 3.63) is 54.2 Å². The van der Waals surface area contributed by atoms with Crippen molar-refractivity contribution in [3.63, 3.8) is 0 Å². The van der Waals surface area contributed by atoms with Crippen LogP contribution >= 0.6 is 0 Å². The van der Waals surface area contributed by atoms with Crippen LogP contribution in [0.25, 0.3) is 5.65 Å². The van der Waals surface area contributed by atoms with Gasteiger partial charge < -0.3 is 20.0 Å². The zero-order chi connectivity index (χ0) is 31.1. The zero-order valence-electron chi connectivity index (χ0n) is 21.8. The summed E-state index contributed by atoms with van der Waals surface area (Å²) < 4.78 is 65.4. The SMILES string of the molecule is O=C(O)C(F)(F)F.O=C(O)C(F)(F)F.O=C(c1cccnc1)N1CCC(c2nc3ccc(N4CCCC4)cn3n2)CC1. The number of amides is 1. The number of halogens is 6. The van der Waals surface area contributed by atoms with Crippen LogP contribution in [0.3, 0.4) is 0 Å². The number of piperidine rings is 1. The van der Waals surface area contributed by atoms with Crippen molar-refractivity contribution >= 4 is 29.2 Å². The Labute approximate surface area is 234 Å². The zero-order valence-corrected chi connectivity index (χ0v) is 21.8. The topological polar surface area (TPSA) is 141 Å². The fourth-order valence-corrected chi connectivity index (χ4v) is 4.24. The first kappa shape index (κ1) is 32.1. The van der Waals surface area contributed by atoms with Crippen LogP contribution in [0.4, 0.5) is 32.0 Å². The molecule has 2 fully saturated rings. The van der Waals surface area contributed by atoms with Crippen molar-refractivity contribution in [3.8, 4) is 0 Å². The number of aromatic nitrogens is 4. The molecule has 0 aliphatic carbocycles. The highest BCUT2D eigenvalue weighted by molar-refractivity contribution is 5.93. The number of nitrogens with zero attached hydrogens (tertiary/aromatic N) is 6. The highest BCUT2D eigenvalue weighted by Crippen LogP contribution is 2.28. The molecule has 2 aliphatic heterocycles. The number of carboxylic acid groups (broad SMARTS) is 2. The van der Waals surface area contributed by atoms with Gasteiger partial charge in [0.2, 0.25) is 0 Å². The summed E-state index contributed by atoms with van der Waals surface area (Å²) in [6.45, 7) is 3.70. The van der Waals surface area contributed by atoms with E-state index in [9.17, 15) is 31.1 Å². The number of rotatable bonds is 3. The molecule has 0 aromatic carbocycles. The van der Waals surface area contributed by atoms with Crippen molar-refractivity contribution in [2.45, 2.75) is 44.0 Å². The van der Waals surface area contributed by atoms with Gasteiger partial charge in [0.05, 0.1) is 17.4 Å². The average Bonchev–Trinajstić information content (AvgIpc) is 3.63. The summed E-state index contributed by atoms with van der Waals surface area (Å²) in [7, 11) is 0. The quantitative estimate of drug-likeness (QED) is 0.424. The summed E-state index contributed by atoms with van der Waals surface area (Å²) in [5.41, 5.74) is 2.77. The fourth-order valence-electron chi connectivity index (χ4n) is 4.24. The molecule has 2 saturated heterocycles. The highest BCUT2D eigenvalue weighted by atomic mass is 19.4. The van der Waals surface area contributed by atoms with E-state index >= 15 is 0 Å². The van der Waals surface area contributed by atoms with Gasteiger partial charge in [0, 0.05) is 44.5 Å². The van der Waals surface area contributed by atoms with Gasteiger partial charge in [-0.3, -0.25) is 9.78 Å². The lowest BCUT2D eigenvalue weighted by Crippen LogP contribution is -2.38. The Kier molecular flexibility index (Phi) is 10.3. The predicted molar refractivity (Wildman–Crippen MR) is 134 cm³/mol. The van der Waals surface area contributed by atoms with Gasteiger partial charge in [-0.2, -0.15) is 31.4 Å². The van der Waals surface area contributed by atoms with Gasteiger partial charge in [0.15, 0.2) is 11.5 Å². The minimum atomic E-state index is -5.08. The molecule has 0 unspecified atom stereocenters. The number of carbonyl (C=O) groups excluding carboxylic acids is 1. The highest BCUT2D eigenvalue weighted by Gasteiger charge is 2.39. The van der Waals surface area contributed by atoms with E-state index in [1.807, 2.05) is 15.5 Å². The number of anilines is 1. The molecule has 5 rings (SSSR count). The van der Waals surface area contributed by atoms with Gasteiger partial charge in [-0.1, -0.05) is 0 Å². The molecule has 2 aliphatic rings. The largest absolute Gasteiger partial charge is 0.490 e. The van der Waals surface area contributed by atoms with E-state index < -0.39 is 24.3 Å². The number of likely N-dealkylation sites (tertiary alicyclic amines) is 1. The Bertz CT molecular complexity index is 1340. The Morgan fingerprint density at radius 3 is 1.93 bits per heavy atom. The van der Waals surface area contributed by atoms with Gasteiger partial charge in [0.1, 0.15) is 0 Å². The molecular formula is C25H26F6N6O5. The van der Waals surface area contributed by atoms with Crippen LogP contribution < -0.4 is 4.90 Å². The first-order valence-corrected chi connectivity index (χ1v) is 12.6. The summed E-state index contributed by atoms with van der Waals surface area (Å²) in [6, 6.07) is 7.83. The Balaban J connectivity index is 0.000000289. The van der Waals surface area contributed by atoms with Gasteiger partial charge in [-0.25, -0.2) is 19.1 Å². The number of fused-ring (bicyclic) bond motifs is 1. The molecule has 2 N–H and O–H groups in total. The third kappa shape index (κ3) is 8.78. The minimum Gasteiger partial charge on any atom is -0.475 e. The predicted octanol–water partition coefficient (Wildman–Crippen LogP) is 4.01. The van der Waals surface area contributed by atoms with E-state index in [1.54, 1.807) is 18.5 Å². The first-order valence-electron chi connectivity index (χ1n) is 12.6. The summed E-state index contributed by atoms with van der Waals surface area (Å²) in [4.78, 5) is 43.5. The van der Waals surface area contributed by atoms with E-state index in [0.29, 0.717) is 11.5 Å². The molecular weight excluding hydrogens is 578 g/mol. The Morgan fingerprint density at radius 2 is 1.43 bits per heavy atom.